The Labute approximate surface area is 170 Å². The third-order valence-electron chi connectivity index (χ3n) is 4.25. The Morgan fingerprint density at radius 3 is 2.83 bits per heavy atom. The Bertz CT molecular complexity index is 1300. The van der Waals surface area contributed by atoms with Gasteiger partial charge in [-0.15, -0.1) is 11.3 Å². The van der Waals surface area contributed by atoms with Crippen molar-refractivity contribution in [3.63, 3.8) is 0 Å². The molecule has 0 amide bonds. The SMILES string of the molecule is CCOC(=O)/C(C#N)=c1\s/c(=C\Nc2cccc3cc(O)ccc23)c(=O)n1CC. The topological polar surface area (TPSA) is 104 Å². The second-order valence-corrected chi connectivity index (χ2v) is 7.06. The predicted molar refractivity (Wildman–Crippen MR) is 113 cm³/mol. The number of anilines is 1. The van der Waals surface area contributed by atoms with E-state index in [2.05, 4.69) is 5.32 Å². The number of hydrogen-bond acceptors (Lipinski definition) is 7. The summed E-state index contributed by atoms with van der Waals surface area (Å²) in [6, 6.07) is 12.5. The van der Waals surface area contributed by atoms with Gasteiger partial charge in [0.2, 0.25) is 0 Å². The third-order valence-corrected chi connectivity index (χ3v) is 5.38. The lowest BCUT2D eigenvalue weighted by Gasteiger charge is -2.06. The molecule has 0 aliphatic heterocycles. The Balaban J connectivity index is 2.13. The van der Waals surface area contributed by atoms with Gasteiger partial charge < -0.3 is 15.2 Å². The van der Waals surface area contributed by atoms with Crippen LogP contribution in [0.1, 0.15) is 13.8 Å². The fourth-order valence-electron chi connectivity index (χ4n) is 2.92. The molecule has 0 aliphatic rings. The molecule has 0 fully saturated rings. The summed E-state index contributed by atoms with van der Waals surface area (Å²) in [6.45, 7) is 3.88. The first-order valence-corrected chi connectivity index (χ1v) is 9.81. The molecule has 148 valence electrons. The summed E-state index contributed by atoms with van der Waals surface area (Å²) >= 11 is 1.06. The normalized spacial score (nSPS) is 12.5. The highest BCUT2D eigenvalue weighted by Crippen LogP contribution is 2.26. The van der Waals surface area contributed by atoms with Gasteiger partial charge in [0.25, 0.3) is 5.56 Å². The van der Waals surface area contributed by atoms with Gasteiger partial charge in [-0.05, 0) is 43.5 Å². The summed E-state index contributed by atoms with van der Waals surface area (Å²) in [7, 11) is 0. The van der Waals surface area contributed by atoms with Crippen molar-refractivity contribution in [2.75, 3.05) is 11.9 Å². The van der Waals surface area contributed by atoms with Crippen LogP contribution in [0.25, 0.3) is 22.5 Å². The van der Waals surface area contributed by atoms with Gasteiger partial charge in [0, 0.05) is 23.8 Å². The summed E-state index contributed by atoms with van der Waals surface area (Å²) in [5.74, 6) is -0.572. The van der Waals surface area contributed by atoms with Crippen LogP contribution in [-0.4, -0.2) is 22.2 Å². The summed E-state index contributed by atoms with van der Waals surface area (Å²) in [5, 5.41) is 23.9. The fraction of sp³-hybridized carbons (Fsp3) is 0.190. The molecule has 3 aromatic rings. The minimum atomic E-state index is -0.744. The molecule has 0 spiro atoms. The van der Waals surface area contributed by atoms with Crippen molar-refractivity contribution in [1.29, 1.82) is 5.26 Å². The van der Waals surface area contributed by atoms with E-state index in [9.17, 15) is 20.0 Å². The van der Waals surface area contributed by atoms with E-state index in [-0.39, 0.29) is 28.2 Å². The number of thiazole rings is 1. The van der Waals surface area contributed by atoms with Crippen LogP contribution in [0.5, 0.6) is 5.75 Å². The maximum atomic E-state index is 12.7. The molecular formula is C21H19N3O4S. The number of fused-ring (bicyclic) bond motifs is 1. The van der Waals surface area contributed by atoms with Crippen LogP contribution >= 0.6 is 11.3 Å². The average Bonchev–Trinajstić information content (AvgIpc) is 3.02. The molecule has 3 rings (SSSR count). The number of esters is 1. The van der Waals surface area contributed by atoms with Gasteiger partial charge in [0.15, 0.2) is 5.57 Å². The van der Waals surface area contributed by atoms with Crippen LogP contribution in [0.15, 0.2) is 41.2 Å². The van der Waals surface area contributed by atoms with Gasteiger partial charge in [-0.25, -0.2) is 4.79 Å². The lowest BCUT2D eigenvalue weighted by Crippen LogP contribution is -2.32. The highest BCUT2D eigenvalue weighted by molar-refractivity contribution is 7.07. The van der Waals surface area contributed by atoms with E-state index < -0.39 is 5.97 Å². The highest BCUT2D eigenvalue weighted by atomic mass is 32.1. The van der Waals surface area contributed by atoms with Crippen molar-refractivity contribution in [2.24, 2.45) is 0 Å². The van der Waals surface area contributed by atoms with Crippen molar-refractivity contribution in [2.45, 2.75) is 20.4 Å². The lowest BCUT2D eigenvalue weighted by molar-refractivity contribution is -0.136. The predicted octanol–water partition coefficient (Wildman–Crippen LogP) is 1.88. The van der Waals surface area contributed by atoms with Crippen LogP contribution in [0.2, 0.25) is 0 Å². The molecule has 7 nitrogen and oxygen atoms in total. The molecular weight excluding hydrogens is 390 g/mol. The first-order chi connectivity index (χ1) is 14.0. The Hall–Kier alpha value is -3.57. The van der Waals surface area contributed by atoms with E-state index in [0.29, 0.717) is 11.1 Å². The third kappa shape index (κ3) is 4.00. The van der Waals surface area contributed by atoms with Crippen LogP contribution in [0.3, 0.4) is 0 Å². The number of nitriles is 1. The summed E-state index contributed by atoms with van der Waals surface area (Å²) in [5.41, 5.74) is 0.279. The molecule has 0 radical (unpaired) electrons. The average molecular weight is 409 g/mol. The molecule has 29 heavy (non-hydrogen) atoms. The van der Waals surface area contributed by atoms with E-state index in [0.717, 1.165) is 27.8 Å². The van der Waals surface area contributed by atoms with Crippen LogP contribution in [0.4, 0.5) is 5.69 Å². The number of carbonyl (C=O) groups is 1. The monoisotopic (exact) mass is 409 g/mol. The number of carbonyl (C=O) groups excluding carboxylic acids is 1. The lowest BCUT2D eigenvalue weighted by atomic mass is 10.1. The molecule has 0 bridgehead atoms. The molecule has 0 unspecified atom stereocenters. The van der Waals surface area contributed by atoms with E-state index in [1.807, 2.05) is 24.3 Å². The first-order valence-electron chi connectivity index (χ1n) is 8.99. The minimum absolute atomic E-state index is 0.142. The van der Waals surface area contributed by atoms with Gasteiger partial charge >= 0.3 is 5.97 Å². The second kappa shape index (κ2) is 8.63. The largest absolute Gasteiger partial charge is 0.508 e. The van der Waals surface area contributed by atoms with Gasteiger partial charge in [0.1, 0.15) is 21.0 Å². The Kier molecular flexibility index (Phi) is 6.00. The number of benzene rings is 2. The van der Waals surface area contributed by atoms with Crippen molar-refractivity contribution in [1.82, 2.24) is 4.57 Å². The minimum Gasteiger partial charge on any atom is -0.508 e. The van der Waals surface area contributed by atoms with Gasteiger partial charge in [-0.1, -0.05) is 12.1 Å². The molecule has 0 aliphatic carbocycles. The first kappa shape index (κ1) is 20.2. The van der Waals surface area contributed by atoms with Crippen LogP contribution in [0, 0.1) is 11.3 Å². The Morgan fingerprint density at radius 1 is 1.34 bits per heavy atom. The molecule has 2 N–H and O–H groups in total. The quantitative estimate of drug-likeness (QED) is 0.624. The number of rotatable bonds is 5. The zero-order chi connectivity index (χ0) is 21.0. The summed E-state index contributed by atoms with van der Waals surface area (Å²) in [4.78, 5) is 24.8. The number of aromatic hydroxyl groups is 1. The molecule has 0 atom stereocenters. The molecule has 0 saturated heterocycles. The molecule has 1 heterocycles. The van der Waals surface area contributed by atoms with Crippen molar-refractivity contribution in [3.8, 4) is 11.8 Å². The standard InChI is InChI=1S/C21H19N3O4S/c1-3-24-19(26)18(29-20(24)16(11-22)21(27)28-4-2)12-23-17-7-5-6-13-10-14(25)8-9-15(13)17/h5-10,12,23,25H,3-4H2,1-2H3/b18-12-,20-16-. The molecule has 8 heteroatoms. The zero-order valence-electron chi connectivity index (χ0n) is 15.9. The fourth-order valence-corrected chi connectivity index (χ4v) is 3.99. The molecule has 0 saturated carbocycles. The number of hydrogen-bond donors (Lipinski definition) is 2. The van der Waals surface area contributed by atoms with Crippen LogP contribution < -0.4 is 20.1 Å². The maximum absolute atomic E-state index is 12.7. The molecule has 1 aromatic heterocycles. The van der Waals surface area contributed by atoms with E-state index in [1.54, 1.807) is 38.2 Å². The summed E-state index contributed by atoms with van der Waals surface area (Å²) in [6.07, 6.45) is 1.56. The molecule has 2 aromatic carbocycles. The number of aromatic nitrogens is 1. The van der Waals surface area contributed by atoms with E-state index in [1.165, 1.54) is 4.57 Å². The van der Waals surface area contributed by atoms with Gasteiger partial charge in [-0.3, -0.25) is 9.36 Å². The van der Waals surface area contributed by atoms with Crippen molar-refractivity contribution >= 4 is 45.5 Å². The number of nitrogens with one attached hydrogen (secondary N) is 1. The van der Waals surface area contributed by atoms with E-state index >= 15 is 0 Å². The van der Waals surface area contributed by atoms with E-state index in [4.69, 9.17) is 4.74 Å². The smallest absolute Gasteiger partial charge is 0.351 e. The van der Waals surface area contributed by atoms with Crippen molar-refractivity contribution < 1.29 is 14.6 Å². The zero-order valence-corrected chi connectivity index (χ0v) is 16.7. The Morgan fingerprint density at radius 2 is 2.14 bits per heavy atom. The number of nitrogens with zero attached hydrogens (tertiary/aromatic N) is 2. The van der Waals surface area contributed by atoms with Gasteiger partial charge in [0.05, 0.1) is 6.61 Å². The maximum Gasteiger partial charge on any atom is 0.351 e. The number of phenols is 1. The van der Waals surface area contributed by atoms with Crippen LogP contribution in [-0.2, 0) is 16.1 Å². The highest BCUT2D eigenvalue weighted by Gasteiger charge is 2.16. The van der Waals surface area contributed by atoms with Crippen molar-refractivity contribution in [3.05, 3.63) is 55.9 Å². The number of phenolic OH excluding ortho intramolecular Hbond substituents is 1. The second-order valence-electron chi connectivity index (χ2n) is 6.03. The summed E-state index contributed by atoms with van der Waals surface area (Å²) < 4.78 is 6.94. The van der Waals surface area contributed by atoms with Gasteiger partial charge in [-0.2, -0.15) is 5.26 Å². The number of ether oxygens (including phenoxy) is 1.